The van der Waals surface area contributed by atoms with E-state index in [-0.39, 0.29) is 38.8 Å². The van der Waals surface area contributed by atoms with E-state index in [2.05, 4.69) is 15.9 Å². The molecule has 9 heteroatoms. The maximum absolute atomic E-state index is 13.6. The zero-order valence-electron chi connectivity index (χ0n) is 23.5. The molecule has 1 aliphatic heterocycles. The molecule has 0 atom stereocenters. The fourth-order valence-corrected chi connectivity index (χ4v) is 7.46. The van der Waals surface area contributed by atoms with E-state index in [0.29, 0.717) is 58.4 Å². The van der Waals surface area contributed by atoms with Crippen molar-refractivity contribution in [2.75, 3.05) is 7.11 Å². The van der Waals surface area contributed by atoms with Crippen LogP contribution in [-0.2, 0) is 24.4 Å². The SMILES string of the molecule is COc1cc(C2C3=C(CC(C)(C)CC3=O)OC3=C2C(=O)CC(C)(C)C3)cc(Br)c1OS(=O)(=O)c1ccc(C)cc1. The normalized spacial score (nSPS) is 20.6. The third-order valence-corrected chi connectivity index (χ3v) is 9.49. The van der Waals surface area contributed by atoms with Gasteiger partial charge in [0.25, 0.3) is 0 Å². The molecule has 0 bridgehead atoms. The van der Waals surface area contributed by atoms with Crippen LogP contribution in [-0.4, -0.2) is 27.1 Å². The monoisotopic (exact) mass is 628 g/mol. The van der Waals surface area contributed by atoms with E-state index in [1.165, 1.54) is 19.2 Å². The van der Waals surface area contributed by atoms with E-state index in [1.807, 2.05) is 34.6 Å². The first-order valence-electron chi connectivity index (χ1n) is 13.2. The van der Waals surface area contributed by atoms with Crippen LogP contribution >= 0.6 is 15.9 Å². The third-order valence-electron chi connectivity index (χ3n) is 7.67. The minimum Gasteiger partial charge on any atom is -0.493 e. The quantitative estimate of drug-likeness (QED) is 0.331. The van der Waals surface area contributed by atoms with Crippen LogP contribution in [0.25, 0.3) is 0 Å². The average molecular weight is 630 g/mol. The first-order chi connectivity index (χ1) is 18.6. The predicted molar refractivity (Wildman–Crippen MR) is 154 cm³/mol. The highest BCUT2D eigenvalue weighted by molar-refractivity contribution is 9.10. The lowest BCUT2D eigenvalue weighted by Gasteiger charge is -2.42. The summed E-state index contributed by atoms with van der Waals surface area (Å²) < 4.78 is 44.0. The number of ketones is 2. The molecule has 0 N–H and O–H groups in total. The van der Waals surface area contributed by atoms with E-state index in [9.17, 15) is 18.0 Å². The lowest BCUT2D eigenvalue weighted by Crippen LogP contribution is -2.37. The zero-order valence-corrected chi connectivity index (χ0v) is 25.9. The zero-order chi connectivity index (χ0) is 29.2. The van der Waals surface area contributed by atoms with Gasteiger partial charge in [0.05, 0.1) is 11.6 Å². The van der Waals surface area contributed by atoms with Gasteiger partial charge in [-0.15, -0.1) is 0 Å². The standard InChI is InChI=1S/C31H33BrO7S/c1-17-7-9-19(10-8-17)40(35,36)39-29-20(32)11-18(12-23(29)37-6)26-27-21(33)13-30(2,3)15-24(27)38-25-16-31(4,5)14-22(34)28(25)26/h7-12,26H,13-16H2,1-6H3. The molecule has 1 heterocycles. The number of benzene rings is 2. The molecule has 0 radical (unpaired) electrons. The minimum atomic E-state index is -4.16. The van der Waals surface area contributed by atoms with Gasteiger partial charge in [0.15, 0.2) is 23.1 Å². The molecule has 2 aliphatic carbocycles. The lowest BCUT2D eigenvalue weighted by atomic mass is 9.65. The minimum absolute atomic E-state index is 0.0102. The predicted octanol–water partition coefficient (Wildman–Crippen LogP) is 6.93. The van der Waals surface area contributed by atoms with Gasteiger partial charge in [0, 0.05) is 42.7 Å². The van der Waals surface area contributed by atoms with Crippen molar-refractivity contribution in [3.05, 3.63) is 74.7 Å². The number of hydrogen-bond acceptors (Lipinski definition) is 7. The van der Waals surface area contributed by atoms with Crippen molar-refractivity contribution in [2.24, 2.45) is 10.8 Å². The van der Waals surface area contributed by atoms with Crippen molar-refractivity contribution >= 4 is 37.6 Å². The fraction of sp³-hybridized carbons (Fsp3) is 0.419. The van der Waals surface area contributed by atoms with E-state index >= 15 is 0 Å². The summed E-state index contributed by atoms with van der Waals surface area (Å²) in [6, 6.07) is 9.70. The Balaban J connectivity index is 1.64. The van der Waals surface area contributed by atoms with Crippen molar-refractivity contribution in [3.8, 4) is 11.5 Å². The number of allylic oxidation sites excluding steroid dienone is 4. The second-order valence-electron chi connectivity index (χ2n) is 12.5. The largest absolute Gasteiger partial charge is 0.493 e. The summed E-state index contributed by atoms with van der Waals surface area (Å²) in [5.41, 5.74) is 1.97. The van der Waals surface area contributed by atoms with Gasteiger partial charge < -0.3 is 13.7 Å². The van der Waals surface area contributed by atoms with E-state index in [0.717, 1.165) is 5.56 Å². The third kappa shape index (κ3) is 5.26. The second kappa shape index (κ2) is 9.87. The number of methoxy groups -OCH3 is 1. The summed E-state index contributed by atoms with van der Waals surface area (Å²) in [5, 5.41) is 0. The van der Waals surface area contributed by atoms with Gasteiger partial charge >= 0.3 is 10.1 Å². The number of hydrogen-bond donors (Lipinski definition) is 0. The highest BCUT2D eigenvalue weighted by Crippen LogP contribution is 2.54. The average Bonchev–Trinajstić information content (AvgIpc) is 2.82. The van der Waals surface area contributed by atoms with Crippen LogP contribution in [0.5, 0.6) is 11.5 Å². The first kappa shape index (κ1) is 28.6. The second-order valence-corrected chi connectivity index (χ2v) is 14.9. The molecule has 5 rings (SSSR count). The van der Waals surface area contributed by atoms with Gasteiger partial charge in [-0.3, -0.25) is 9.59 Å². The Bertz CT molecular complexity index is 1540. The van der Waals surface area contributed by atoms with Crippen molar-refractivity contribution in [1.29, 1.82) is 0 Å². The molecule has 0 saturated carbocycles. The molecule has 0 spiro atoms. The first-order valence-corrected chi connectivity index (χ1v) is 15.4. The number of halogens is 1. The molecule has 0 aromatic heterocycles. The van der Waals surface area contributed by atoms with Crippen LogP contribution in [0.3, 0.4) is 0 Å². The fourth-order valence-electron chi connectivity index (χ4n) is 5.86. The molecule has 0 fully saturated rings. The van der Waals surface area contributed by atoms with Gasteiger partial charge in [-0.25, -0.2) is 0 Å². The number of ether oxygens (including phenoxy) is 2. The Morgan fingerprint density at radius 3 is 1.90 bits per heavy atom. The Labute approximate surface area is 243 Å². The molecule has 40 heavy (non-hydrogen) atoms. The van der Waals surface area contributed by atoms with Gasteiger partial charge in [-0.1, -0.05) is 45.4 Å². The number of rotatable bonds is 5. The summed E-state index contributed by atoms with van der Waals surface area (Å²) in [6.07, 6.45) is 1.82. The van der Waals surface area contributed by atoms with Crippen molar-refractivity contribution in [1.82, 2.24) is 0 Å². The number of aryl methyl sites for hydroxylation is 1. The Hall–Kier alpha value is -2.91. The molecular weight excluding hydrogens is 596 g/mol. The highest BCUT2D eigenvalue weighted by atomic mass is 79.9. The topological polar surface area (TPSA) is 96.0 Å². The summed E-state index contributed by atoms with van der Waals surface area (Å²) in [7, 11) is -2.75. The van der Waals surface area contributed by atoms with Crippen molar-refractivity contribution in [3.63, 3.8) is 0 Å². The molecule has 0 unspecified atom stereocenters. The molecule has 0 amide bonds. The Morgan fingerprint density at radius 1 is 0.875 bits per heavy atom. The number of Topliss-reactive ketones (excluding diaryl/α,β-unsaturated/α-hetero) is 2. The molecule has 0 saturated heterocycles. The lowest BCUT2D eigenvalue weighted by molar-refractivity contribution is -0.120. The molecular formula is C31H33BrO7S. The number of carbonyl (C=O) groups excluding carboxylic acids is 2. The van der Waals surface area contributed by atoms with E-state index in [4.69, 9.17) is 13.7 Å². The van der Waals surface area contributed by atoms with Gasteiger partial charge in [-0.05, 0) is 63.5 Å². The van der Waals surface area contributed by atoms with Gasteiger partial charge in [0.2, 0.25) is 0 Å². The summed E-state index contributed by atoms with van der Waals surface area (Å²) in [5.74, 6) is 0.577. The molecule has 2 aromatic carbocycles. The highest BCUT2D eigenvalue weighted by Gasteiger charge is 2.48. The van der Waals surface area contributed by atoms with E-state index in [1.54, 1.807) is 24.3 Å². The van der Waals surface area contributed by atoms with Crippen LogP contribution in [0.2, 0.25) is 0 Å². The number of carbonyl (C=O) groups is 2. The van der Waals surface area contributed by atoms with Gasteiger partial charge in [0.1, 0.15) is 16.4 Å². The Kier molecular flexibility index (Phi) is 7.06. The van der Waals surface area contributed by atoms with Crippen LogP contribution in [0.15, 0.2) is 68.4 Å². The van der Waals surface area contributed by atoms with Crippen LogP contribution in [0, 0.1) is 17.8 Å². The summed E-state index contributed by atoms with van der Waals surface area (Å²) in [6.45, 7) is 10.0. The maximum Gasteiger partial charge on any atom is 0.339 e. The van der Waals surface area contributed by atoms with E-state index < -0.39 is 16.0 Å². The molecule has 2 aromatic rings. The van der Waals surface area contributed by atoms with Crippen molar-refractivity contribution < 1.29 is 31.7 Å². The maximum atomic E-state index is 13.6. The van der Waals surface area contributed by atoms with Crippen molar-refractivity contribution in [2.45, 2.75) is 71.1 Å². The smallest absolute Gasteiger partial charge is 0.339 e. The molecule has 3 aliphatic rings. The summed E-state index contributed by atoms with van der Waals surface area (Å²) >= 11 is 3.48. The van der Waals surface area contributed by atoms with Crippen LogP contribution < -0.4 is 8.92 Å². The molecule has 212 valence electrons. The summed E-state index contributed by atoms with van der Waals surface area (Å²) in [4.78, 5) is 27.2. The van der Waals surface area contributed by atoms with Crippen LogP contribution in [0.1, 0.15) is 70.4 Å². The van der Waals surface area contributed by atoms with Gasteiger partial charge in [-0.2, -0.15) is 8.42 Å². The Morgan fingerprint density at radius 2 is 1.40 bits per heavy atom. The van der Waals surface area contributed by atoms with Crippen LogP contribution in [0.4, 0.5) is 0 Å². The molecule has 7 nitrogen and oxygen atoms in total.